The highest BCUT2D eigenvalue weighted by molar-refractivity contribution is 6.46. The molecular weight excluding hydrogens is 216 g/mol. The predicted octanol–water partition coefficient (Wildman–Crippen LogP) is 1.90. The maximum atomic E-state index is 11.7. The van der Waals surface area contributed by atoms with Gasteiger partial charge in [0.15, 0.2) is 0 Å². The van der Waals surface area contributed by atoms with Gasteiger partial charge in [0.25, 0.3) is 11.7 Å². The molecule has 0 unspecified atom stereocenters. The molecule has 0 aliphatic heterocycles. The first kappa shape index (κ1) is 11.0. The van der Waals surface area contributed by atoms with Gasteiger partial charge < -0.3 is 5.32 Å². The van der Waals surface area contributed by atoms with Gasteiger partial charge in [0.05, 0.1) is 0 Å². The summed E-state index contributed by atoms with van der Waals surface area (Å²) in [5.41, 5.74) is 0.362. The standard InChI is InChI=1S/C13H10N2O2/c16-12(10-6-2-1-3-7-10)13(17)15-11-8-4-5-9-14-11/h1-9H,(H,14,15,17). The molecule has 2 aromatic rings. The van der Waals surface area contributed by atoms with E-state index in [-0.39, 0.29) is 0 Å². The summed E-state index contributed by atoms with van der Waals surface area (Å²) in [4.78, 5) is 27.2. The molecule has 0 bridgehead atoms. The topological polar surface area (TPSA) is 59.1 Å². The van der Waals surface area contributed by atoms with Crippen LogP contribution in [0.25, 0.3) is 0 Å². The number of aromatic nitrogens is 1. The molecule has 1 N–H and O–H groups in total. The van der Waals surface area contributed by atoms with Crippen LogP contribution in [-0.2, 0) is 4.79 Å². The molecule has 4 nitrogen and oxygen atoms in total. The number of hydrogen-bond acceptors (Lipinski definition) is 3. The van der Waals surface area contributed by atoms with E-state index in [0.29, 0.717) is 11.4 Å². The minimum absolute atomic E-state index is 0.362. The van der Waals surface area contributed by atoms with E-state index >= 15 is 0 Å². The first-order valence-electron chi connectivity index (χ1n) is 5.09. The van der Waals surface area contributed by atoms with Gasteiger partial charge in [-0.2, -0.15) is 0 Å². The highest BCUT2D eigenvalue weighted by atomic mass is 16.2. The number of amides is 1. The summed E-state index contributed by atoms with van der Waals surface area (Å²) in [6.07, 6.45) is 1.54. The third kappa shape index (κ3) is 2.75. The van der Waals surface area contributed by atoms with Crippen molar-refractivity contribution in [3.8, 4) is 0 Å². The molecule has 84 valence electrons. The van der Waals surface area contributed by atoms with E-state index in [2.05, 4.69) is 10.3 Å². The van der Waals surface area contributed by atoms with Crippen molar-refractivity contribution in [2.24, 2.45) is 0 Å². The van der Waals surface area contributed by atoms with Crippen LogP contribution >= 0.6 is 0 Å². The molecule has 0 aliphatic rings. The summed E-state index contributed by atoms with van der Waals surface area (Å²) in [6, 6.07) is 13.5. The zero-order valence-corrected chi connectivity index (χ0v) is 8.96. The lowest BCUT2D eigenvalue weighted by Gasteiger charge is -2.02. The van der Waals surface area contributed by atoms with Gasteiger partial charge in [-0.3, -0.25) is 9.59 Å². The molecule has 0 spiro atoms. The minimum atomic E-state index is -0.685. The number of anilines is 1. The number of benzene rings is 1. The number of nitrogens with one attached hydrogen (secondary N) is 1. The molecule has 2 rings (SSSR count). The fourth-order valence-corrected chi connectivity index (χ4v) is 1.33. The number of carbonyl (C=O) groups is 2. The maximum absolute atomic E-state index is 11.7. The zero-order chi connectivity index (χ0) is 12.1. The van der Waals surface area contributed by atoms with E-state index in [0.717, 1.165) is 0 Å². The van der Waals surface area contributed by atoms with Crippen LogP contribution in [0.1, 0.15) is 10.4 Å². The molecule has 0 saturated carbocycles. The third-order valence-corrected chi connectivity index (χ3v) is 2.15. The van der Waals surface area contributed by atoms with Crippen LogP contribution in [0.2, 0.25) is 0 Å². The zero-order valence-electron chi connectivity index (χ0n) is 8.96. The van der Waals surface area contributed by atoms with Crippen LogP contribution in [0.4, 0.5) is 5.82 Å². The van der Waals surface area contributed by atoms with E-state index in [9.17, 15) is 9.59 Å². The van der Waals surface area contributed by atoms with Crippen molar-refractivity contribution in [3.05, 3.63) is 60.3 Å². The van der Waals surface area contributed by atoms with Crippen LogP contribution in [0.5, 0.6) is 0 Å². The highest BCUT2D eigenvalue weighted by Gasteiger charge is 2.15. The second-order valence-corrected chi connectivity index (χ2v) is 3.36. The Morgan fingerprint density at radius 1 is 0.941 bits per heavy atom. The summed E-state index contributed by atoms with van der Waals surface area (Å²) in [5, 5.41) is 2.44. The van der Waals surface area contributed by atoms with E-state index in [1.165, 1.54) is 0 Å². The fraction of sp³-hybridized carbons (Fsp3) is 0. The van der Waals surface area contributed by atoms with Gasteiger partial charge in [0.2, 0.25) is 0 Å². The molecule has 0 aliphatic carbocycles. The average molecular weight is 226 g/mol. The van der Waals surface area contributed by atoms with Crippen molar-refractivity contribution in [1.82, 2.24) is 4.98 Å². The first-order chi connectivity index (χ1) is 8.27. The molecule has 1 heterocycles. The van der Waals surface area contributed by atoms with Crippen molar-refractivity contribution in [3.63, 3.8) is 0 Å². The van der Waals surface area contributed by atoms with E-state index in [1.54, 1.807) is 54.7 Å². The Bertz CT molecular complexity index is 524. The number of nitrogens with zero attached hydrogens (tertiary/aromatic N) is 1. The molecule has 17 heavy (non-hydrogen) atoms. The monoisotopic (exact) mass is 226 g/mol. The Morgan fingerprint density at radius 2 is 1.65 bits per heavy atom. The number of rotatable bonds is 3. The van der Waals surface area contributed by atoms with Crippen LogP contribution in [-0.4, -0.2) is 16.7 Å². The molecular formula is C13H10N2O2. The summed E-state index contributed by atoms with van der Waals surface area (Å²) in [7, 11) is 0. The van der Waals surface area contributed by atoms with Gasteiger partial charge in [0, 0.05) is 11.8 Å². The van der Waals surface area contributed by atoms with Crippen molar-refractivity contribution >= 4 is 17.5 Å². The molecule has 4 heteroatoms. The second kappa shape index (κ2) is 5.03. The number of hydrogen-bond donors (Lipinski definition) is 1. The number of ketones is 1. The first-order valence-corrected chi connectivity index (χ1v) is 5.09. The minimum Gasteiger partial charge on any atom is -0.304 e. The van der Waals surface area contributed by atoms with Gasteiger partial charge in [-0.05, 0) is 12.1 Å². The summed E-state index contributed by atoms with van der Waals surface area (Å²) in [6.45, 7) is 0. The average Bonchev–Trinajstić information content (AvgIpc) is 2.40. The molecule has 1 aromatic carbocycles. The number of pyridine rings is 1. The van der Waals surface area contributed by atoms with Gasteiger partial charge in [0.1, 0.15) is 5.82 Å². The molecule has 1 aromatic heterocycles. The summed E-state index contributed by atoms with van der Waals surface area (Å²) in [5.74, 6) is -0.895. The van der Waals surface area contributed by atoms with Crippen molar-refractivity contribution in [2.45, 2.75) is 0 Å². The van der Waals surface area contributed by atoms with Gasteiger partial charge in [-0.25, -0.2) is 4.98 Å². The van der Waals surface area contributed by atoms with Crippen LogP contribution in [0.3, 0.4) is 0 Å². The Kier molecular flexibility index (Phi) is 3.25. The molecule has 0 saturated heterocycles. The lowest BCUT2D eigenvalue weighted by molar-refractivity contribution is -0.112. The number of Topliss-reactive ketones (excluding diaryl/α,β-unsaturated/α-hetero) is 1. The largest absolute Gasteiger partial charge is 0.304 e. The Hall–Kier alpha value is -2.49. The van der Waals surface area contributed by atoms with E-state index in [4.69, 9.17) is 0 Å². The van der Waals surface area contributed by atoms with Gasteiger partial charge in [-0.15, -0.1) is 0 Å². The Balaban J connectivity index is 2.09. The van der Waals surface area contributed by atoms with Gasteiger partial charge >= 0.3 is 0 Å². The van der Waals surface area contributed by atoms with Crippen molar-refractivity contribution in [1.29, 1.82) is 0 Å². The second-order valence-electron chi connectivity index (χ2n) is 3.36. The van der Waals surface area contributed by atoms with Crippen molar-refractivity contribution < 1.29 is 9.59 Å². The fourth-order valence-electron chi connectivity index (χ4n) is 1.33. The Labute approximate surface area is 98.3 Å². The quantitative estimate of drug-likeness (QED) is 0.642. The summed E-state index contributed by atoms with van der Waals surface area (Å²) < 4.78 is 0. The lowest BCUT2D eigenvalue weighted by Crippen LogP contribution is -2.23. The molecule has 0 radical (unpaired) electrons. The smallest absolute Gasteiger partial charge is 0.297 e. The normalized spacial score (nSPS) is 9.65. The number of carbonyl (C=O) groups excluding carboxylic acids is 2. The summed E-state index contributed by atoms with van der Waals surface area (Å²) >= 11 is 0. The molecule has 0 fully saturated rings. The van der Waals surface area contributed by atoms with E-state index < -0.39 is 11.7 Å². The predicted molar refractivity (Wildman–Crippen MR) is 63.6 cm³/mol. The highest BCUT2D eigenvalue weighted by Crippen LogP contribution is 2.04. The Morgan fingerprint density at radius 3 is 2.29 bits per heavy atom. The SMILES string of the molecule is O=C(Nc1ccccn1)C(=O)c1ccccc1. The van der Waals surface area contributed by atoms with Crippen LogP contribution in [0, 0.1) is 0 Å². The lowest BCUT2D eigenvalue weighted by atomic mass is 10.1. The molecule has 1 amide bonds. The van der Waals surface area contributed by atoms with Crippen LogP contribution < -0.4 is 5.32 Å². The van der Waals surface area contributed by atoms with Gasteiger partial charge in [-0.1, -0.05) is 36.4 Å². The third-order valence-electron chi connectivity index (χ3n) is 2.15. The van der Waals surface area contributed by atoms with Crippen molar-refractivity contribution in [2.75, 3.05) is 5.32 Å². The van der Waals surface area contributed by atoms with Crippen LogP contribution in [0.15, 0.2) is 54.7 Å². The molecule has 0 atom stereocenters. The maximum Gasteiger partial charge on any atom is 0.297 e. The van der Waals surface area contributed by atoms with E-state index in [1.807, 2.05) is 0 Å².